The van der Waals surface area contributed by atoms with Crippen molar-refractivity contribution in [3.05, 3.63) is 0 Å². The Morgan fingerprint density at radius 1 is 1.40 bits per heavy atom. The number of hydrogen-bond donors (Lipinski definition) is 3. The predicted molar refractivity (Wildman–Crippen MR) is 57.3 cm³/mol. The zero-order chi connectivity index (χ0) is 12.0. The molecule has 15 heavy (non-hydrogen) atoms. The van der Waals surface area contributed by atoms with Gasteiger partial charge >= 0.3 is 5.97 Å². The molecule has 88 valence electrons. The molecule has 2 atom stereocenters. The highest BCUT2D eigenvalue weighted by molar-refractivity contribution is 5.86. The second kappa shape index (κ2) is 6.40. The molecule has 0 fully saturated rings. The molecule has 0 aliphatic carbocycles. The smallest absolute Gasteiger partial charge is 0.326 e. The summed E-state index contributed by atoms with van der Waals surface area (Å²) in [4.78, 5) is 22.1. The van der Waals surface area contributed by atoms with Crippen molar-refractivity contribution in [2.24, 2.45) is 11.7 Å². The number of hydrogen-bond acceptors (Lipinski definition) is 3. The minimum atomic E-state index is -1.03. The zero-order valence-electron chi connectivity index (χ0n) is 9.49. The molecule has 4 N–H and O–H groups in total. The summed E-state index contributed by atoms with van der Waals surface area (Å²) in [6, 6.07) is -1.46. The van der Waals surface area contributed by atoms with E-state index in [4.69, 9.17) is 10.8 Å². The summed E-state index contributed by atoms with van der Waals surface area (Å²) in [6.07, 6.45) is 0.914. The first-order valence-electron chi connectivity index (χ1n) is 5.17. The number of carbonyl (C=O) groups excluding carboxylic acids is 1. The van der Waals surface area contributed by atoms with Gasteiger partial charge in [0.05, 0.1) is 6.04 Å². The van der Waals surface area contributed by atoms with E-state index < -0.39 is 24.0 Å². The molecular weight excluding hydrogens is 196 g/mol. The number of carbonyl (C=O) groups is 2. The second-order valence-corrected chi connectivity index (χ2v) is 4.04. The quantitative estimate of drug-likeness (QED) is 0.597. The lowest BCUT2D eigenvalue weighted by Crippen LogP contribution is -2.48. The maximum absolute atomic E-state index is 11.5. The van der Waals surface area contributed by atoms with Crippen LogP contribution in [0.25, 0.3) is 0 Å². The van der Waals surface area contributed by atoms with Crippen molar-refractivity contribution in [3.8, 4) is 0 Å². The van der Waals surface area contributed by atoms with Gasteiger partial charge in [-0.25, -0.2) is 4.79 Å². The highest BCUT2D eigenvalue weighted by Gasteiger charge is 2.21. The van der Waals surface area contributed by atoms with Crippen molar-refractivity contribution in [2.75, 3.05) is 0 Å². The van der Waals surface area contributed by atoms with Crippen molar-refractivity contribution >= 4 is 11.9 Å². The van der Waals surface area contributed by atoms with Crippen LogP contribution in [0.2, 0.25) is 0 Å². The molecular formula is C10H20N2O3. The van der Waals surface area contributed by atoms with Crippen molar-refractivity contribution in [3.63, 3.8) is 0 Å². The van der Waals surface area contributed by atoms with Gasteiger partial charge in [-0.3, -0.25) is 4.79 Å². The van der Waals surface area contributed by atoms with E-state index in [2.05, 4.69) is 5.32 Å². The SMILES string of the molecule is CC[C@@H](NC(=O)[C@@H](N)CC(C)C)C(=O)O. The lowest BCUT2D eigenvalue weighted by molar-refractivity contribution is -0.142. The summed E-state index contributed by atoms with van der Waals surface area (Å²) in [5.74, 6) is -1.10. The maximum Gasteiger partial charge on any atom is 0.326 e. The van der Waals surface area contributed by atoms with Gasteiger partial charge in [0.2, 0.25) is 5.91 Å². The first-order valence-corrected chi connectivity index (χ1v) is 5.17. The third kappa shape index (κ3) is 5.37. The van der Waals surface area contributed by atoms with Gasteiger partial charge in [-0.1, -0.05) is 20.8 Å². The summed E-state index contributed by atoms with van der Waals surface area (Å²) in [6.45, 7) is 5.62. The summed E-state index contributed by atoms with van der Waals surface area (Å²) in [5, 5.41) is 11.1. The van der Waals surface area contributed by atoms with E-state index in [1.54, 1.807) is 6.92 Å². The Hall–Kier alpha value is -1.10. The Labute approximate surface area is 90.0 Å². The van der Waals surface area contributed by atoms with Crippen LogP contribution in [0.4, 0.5) is 0 Å². The number of aliphatic carboxylic acids is 1. The first kappa shape index (κ1) is 13.9. The third-order valence-corrected chi connectivity index (χ3v) is 2.08. The summed E-state index contributed by atoms with van der Waals surface area (Å²) < 4.78 is 0. The predicted octanol–water partition coefficient (Wildman–Crippen LogP) is 0.339. The molecule has 0 radical (unpaired) electrons. The summed E-state index contributed by atoms with van der Waals surface area (Å²) in [5.41, 5.74) is 5.62. The lowest BCUT2D eigenvalue weighted by Gasteiger charge is -2.17. The number of carboxylic acid groups (broad SMARTS) is 1. The van der Waals surface area contributed by atoms with Gasteiger partial charge in [-0.15, -0.1) is 0 Å². The molecule has 0 aliphatic rings. The van der Waals surface area contributed by atoms with E-state index in [9.17, 15) is 9.59 Å². The summed E-state index contributed by atoms with van der Waals surface area (Å²) in [7, 11) is 0. The fraction of sp³-hybridized carbons (Fsp3) is 0.800. The van der Waals surface area contributed by atoms with E-state index in [0.29, 0.717) is 18.8 Å². The van der Waals surface area contributed by atoms with Crippen LogP contribution >= 0.6 is 0 Å². The van der Waals surface area contributed by atoms with Crippen LogP contribution < -0.4 is 11.1 Å². The monoisotopic (exact) mass is 216 g/mol. The molecule has 0 bridgehead atoms. The molecule has 0 rings (SSSR count). The Balaban J connectivity index is 4.16. The number of nitrogens with two attached hydrogens (primary N) is 1. The van der Waals surface area contributed by atoms with Crippen molar-refractivity contribution in [1.82, 2.24) is 5.32 Å². The molecule has 0 heterocycles. The van der Waals surface area contributed by atoms with Crippen LogP contribution in [0.1, 0.15) is 33.6 Å². The van der Waals surface area contributed by atoms with Crippen LogP contribution in [-0.2, 0) is 9.59 Å². The van der Waals surface area contributed by atoms with E-state index in [0.717, 1.165) is 0 Å². The van der Waals surface area contributed by atoms with Crippen LogP contribution in [0, 0.1) is 5.92 Å². The van der Waals surface area contributed by atoms with E-state index in [1.165, 1.54) is 0 Å². The van der Waals surface area contributed by atoms with Crippen LogP contribution in [0.15, 0.2) is 0 Å². The normalized spacial score (nSPS) is 14.7. The van der Waals surface area contributed by atoms with Crippen LogP contribution in [0.3, 0.4) is 0 Å². The van der Waals surface area contributed by atoms with Gasteiger partial charge in [0.15, 0.2) is 0 Å². The van der Waals surface area contributed by atoms with Gasteiger partial charge in [-0.2, -0.15) is 0 Å². The van der Waals surface area contributed by atoms with Crippen molar-refractivity contribution in [1.29, 1.82) is 0 Å². The molecule has 0 saturated carbocycles. The minimum absolute atomic E-state index is 0.315. The number of carboxylic acids is 1. The third-order valence-electron chi connectivity index (χ3n) is 2.08. The standard InChI is InChI=1S/C10H20N2O3/c1-4-8(10(14)15)12-9(13)7(11)5-6(2)3/h6-8H,4-5,11H2,1-3H3,(H,12,13)(H,14,15)/t7-,8+/m0/s1. The second-order valence-electron chi connectivity index (χ2n) is 4.04. The number of nitrogens with one attached hydrogen (secondary N) is 1. The fourth-order valence-corrected chi connectivity index (χ4v) is 1.23. The van der Waals surface area contributed by atoms with Crippen LogP contribution in [0.5, 0.6) is 0 Å². The Morgan fingerprint density at radius 3 is 2.27 bits per heavy atom. The zero-order valence-corrected chi connectivity index (χ0v) is 9.49. The molecule has 1 amide bonds. The lowest BCUT2D eigenvalue weighted by atomic mass is 10.0. The van der Waals surface area contributed by atoms with Gasteiger partial charge in [0.1, 0.15) is 6.04 Å². The topological polar surface area (TPSA) is 92.4 Å². The molecule has 5 nitrogen and oxygen atoms in total. The molecule has 0 aromatic carbocycles. The number of rotatable bonds is 6. The van der Waals surface area contributed by atoms with E-state index >= 15 is 0 Å². The molecule has 5 heteroatoms. The van der Waals surface area contributed by atoms with Gasteiger partial charge in [0.25, 0.3) is 0 Å². The molecule has 0 aromatic rings. The van der Waals surface area contributed by atoms with Gasteiger partial charge in [-0.05, 0) is 18.8 Å². The van der Waals surface area contributed by atoms with Crippen LogP contribution in [-0.4, -0.2) is 29.1 Å². The summed E-state index contributed by atoms with van der Waals surface area (Å²) >= 11 is 0. The molecule has 0 aliphatic heterocycles. The highest BCUT2D eigenvalue weighted by atomic mass is 16.4. The van der Waals surface area contributed by atoms with E-state index in [1.807, 2.05) is 13.8 Å². The molecule has 0 saturated heterocycles. The van der Waals surface area contributed by atoms with Crippen molar-refractivity contribution < 1.29 is 14.7 Å². The molecule has 0 unspecified atom stereocenters. The number of amides is 1. The maximum atomic E-state index is 11.5. The average Bonchev–Trinajstić information content (AvgIpc) is 2.11. The Kier molecular flexibility index (Phi) is 5.93. The first-order chi connectivity index (χ1) is 6.88. The Bertz CT molecular complexity index is 229. The molecule has 0 aromatic heterocycles. The average molecular weight is 216 g/mol. The van der Waals surface area contributed by atoms with Gasteiger partial charge in [0, 0.05) is 0 Å². The molecule has 0 spiro atoms. The minimum Gasteiger partial charge on any atom is -0.480 e. The highest BCUT2D eigenvalue weighted by Crippen LogP contribution is 2.03. The van der Waals surface area contributed by atoms with Crippen molar-refractivity contribution in [2.45, 2.75) is 45.7 Å². The fourth-order valence-electron chi connectivity index (χ4n) is 1.23. The van der Waals surface area contributed by atoms with Gasteiger partial charge < -0.3 is 16.2 Å². The van der Waals surface area contributed by atoms with E-state index in [-0.39, 0.29) is 0 Å². The Morgan fingerprint density at radius 2 is 1.93 bits per heavy atom. The largest absolute Gasteiger partial charge is 0.480 e.